The van der Waals surface area contributed by atoms with Crippen molar-refractivity contribution in [3.8, 4) is 5.75 Å². The fourth-order valence-corrected chi connectivity index (χ4v) is 2.86. The van der Waals surface area contributed by atoms with Crippen molar-refractivity contribution in [1.29, 1.82) is 0 Å². The standard InChI is InChI=1S/C19H16F2N2O4/c1-19(13-5-3-2-4-6-13)16(25)23(18(26)22-19)11-15(24)12-7-9-14(10-8-12)27-17(20)21/h2-10,17H,11H2,1H3,(H,22,26)/t19-/m1/s1. The minimum absolute atomic E-state index is 0.0896. The largest absolute Gasteiger partial charge is 0.435 e. The van der Waals surface area contributed by atoms with E-state index in [1.807, 2.05) is 0 Å². The molecule has 1 saturated heterocycles. The van der Waals surface area contributed by atoms with E-state index >= 15 is 0 Å². The van der Waals surface area contributed by atoms with E-state index in [2.05, 4.69) is 10.1 Å². The first-order chi connectivity index (χ1) is 12.8. The van der Waals surface area contributed by atoms with Crippen LogP contribution in [0.25, 0.3) is 0 Å². The summed E-state index contributed by atoms with van der Waals surface area (Å²) in [4.78, 5) is 38.3. The number of nitrogens with one attached hydrogen (secondary N) is 1. The predicted octanol–water partition coefficient (Wildman–Crippen LogP) is 2.94. The molecule has 0 saturated carbocycles. The number of halogens is 2. The lowest BCUT2D eigenvalue weighted by atomic mass is 9.92. The Morgan fingerprint density at radius 1 is 1.11 bits per heavy atom. The van der Waals surface area contributed by atoms with Gasteiger partial charge in [0.25, 0.3) is 5.91 Å². The molecule has 1 heterocycles. The second-order valence-corrected chi connectivity index (χ2v) is 6.14. The molecule has 8 heteroatoms. The van der Waals surface area contributed by atoms with Crippen LogP contribution in [0.15, 0.2) is 54.6 Å². The Morgan fingerprint density at radius 3 is 2.33 bits per heavy atom. The fraction of sp³-hybridized carbons (Fsp3) is 0.211. The molecular weight excluding hydrogens is 358 g/mol. The number of urea groups is 1. The van der Waals surface area contributed by atoms with Crippen LogP contribution in [0, 0.1) is 0 Å². The number of hydrogen-bond acceptors (Lipinski definition) is 4. The number of carbonyl (C=O) groups excluding carboxylic acids is 3. The van der Waals surface area contributed by atoms with Crippen LogP contribution in [0.1, 0.15) is 22.8 Å². The smallest absolute Gasteiger partial charge is 0.387 e. The lowest BCUT2D eigenvalue weighted by molar-refractivity contribution is -0.130. The summed E-state index contributed by atoms with van der Waals surface area (Å²) in [6.07, 6.45) is 0. The maximum absolute atomic E-state index is 12.8. The molecule has 2 aromatic rings. The summed E-state index contributed by atoms with van der Waals surface area (Å²) in [6.45, 7) is -1.85. The first-order valence-electron chi connectivity index (χ1n) is 8.09. The molecule has 1 N–H and O–H groups in total. The number of hydrogen-bond donors (Lipinski definition) is 1. The van der Waals surface area contributed by atoms with E-state index in [1.54, 1.807) is 37.3 Å². The Bertz CT molecular complexity index is 871. The topological polar surface area (TPSA) is 75.7 Å². The lowest BCUT2D eigenvalue weighted by Crippen LogP contribution is -2.41. The van der Waals surface area contributed by atoms with Gasteiger partial charge in [-0.2, -0.15) is 8.78 Å². The zero-order valence-corrected chi connectivity index (χ0v) is 14.3. The van der Waals surface area contributed by atoms with Crippen LogP contribution in [-0.4, -0.2) is 35.8 Å². The van der Waals surface area contributed by atoms with Gasteiger partial charge in [0, 0.05) is 5.56 Å². The van der Waals surface area contributed by atoms with Crippen LogP contribution < -0.4 is 10.1 Å². The predicted molar refractivity (Wildman–Crippen MR) is 91.4 cm³/mol. The number of ketones is 1. The normalized spacial score (nSPS) is 19.3. The molecule has 1 fully saturated rings. The maximum Gasteiger partial charge on any atom is 0.387 e. The molecule has 6 nitrogen and oxygen atoms in total. The third kappa shape index (κ3) is 3.64. The second-order valence-electron chi connectivity index (χ2n) is 6.14. The fourth-order valence-electron chi connectivity index (χ4n) is 2.86. The lowest BCUT2D eigenvalue weighted by Gasteiger charge is -2.22. The summed E-state index contributed by atoms with van der Waals surface area (Å²) >= 11 is 0. The Morgan fingerprint density at radius 2 is 1.74 bits per heavy atom. The van der Waals surface area contributed by atoms with Crippen molar-refractivity contribution >= 4 is 17.7 Å². The average molecular weight is 374 g/mol. The van der Waals surface area contributed by atoms with Crippen LogP contribution in [0.5, 0.6) is 5.75 Å². The van der Waals surface area contributed by atoms with Gasteiger partial charge in [-0.25, -0.2) is 4.79 Å². The van der Waals surface area contributed by atoms with Crippen LogP contribution in [0.2, 0.25) is 0 Å². The van der Waals surface area contributed by atoms with E-state index in [0.29, 0.717) is 5.56 Å². The molecule has 0 radical (unpaired) electrons. The Hall–Kier alpha value is -3.29. The van der Waals surface area contributed by atoms with Gasteiger partial charge >= 0.3 is 12.6 Å². The van der Waals surface area contributed by atoms with Gasteiger partial charge in [-0.05, 0) is 36.8 Å². The SMILES string of the molecule is C[C@]1(c2ccccc2)NC(=O)N(CC(=O)c2ccc(OC(F)F)cc2)C1=O. The van der Waals surface area contributed by atoms with Gasteiger partial charge in [-0.1, -0.05) is 30.3 Å². The number of alkyl halides is 2. The van der Waals surface area contributed by atoms with E-state index in [4.69, 9.17) is 0 Å². The molecule has 3 rings (SSSR count). The monoisotopic (exact) mass is 374 g/mol. The van der Waals surface area contributed by atoms with Gasteiger partial charge in [0.05, 0.1) is 6.54 Å². The summed E-state index contributed by atoms with van der Waals surface area (Å²) in [7, 11) is 0. The highest BCUT2D eigenvalue weighted by Crippen LogP contribution is 2.28. The molecule has 0 aromatic heterocycles. The third-order valence-electron chi connectivity index (χ3n) is 4.33. The van der Waals surface area contributed by atoms with Gasteiger partial charge < -0.3 is 10.1 Å². The number of carbonyl (C=O) groups is 3. The third-order valence-corrected chi connectivity index (χ3v) is 4.33. The van der Waals surface area contributed by atoms with Crippen molar-refractivity contribution in [2.24, 2.45) is 0 Å². The average Bonchev–Trinajstić information content (AvgIpc) is 2.86. The molecule has 27 heavy (non-hydrogen) atoms. The number of imide groups is 1. The summed E-state index contributed by atoms with van der Waals surface area (Å²) in [6, 6.07) is 13.1. The van der Waals surface area contributed by atoms with Crippen molar-refractivity contribution in [3.63, 3.8) is 0 Å². The van der Waals surface area contributed by atoms with Crippen LogP contribution in [-0.2, 0) is 10.3 Å². The van der Waals surface area contributed by atoms with Crippen molar-refractivity contribution in [3.05, 3.63) is 65.7 Å². The van der Waals surface area contributed by atoms with E-state index in [0.717, 1.165) is 4.90 Å². The molecule has 140 valence electrons. The van der Waals surface area contributed by atoms with E-state index < -0.39 is 36.4 Å². The number of ether oxygens (including phenoxy) is 1. The molecule has 2 aromatic carbocycles. The van der Waals surface area contributed by atoms with E-state index in [-0.39, 0.29) is 11.3 Å². The molecule has 1 aliphatic heterocycles. The number of rotatable bonds is 6. The van der Waals surface area contributed by atoms with E-state index in [1.165, 1.54) is 24.3 Å². The van der Waals surface area contributed by atoms with Gasteiger partial charge in [0.1, 0.15) is 11.3 Å². The molecule has 1 atom stereocenters. The summed E-state index contributed by atoms with van der Waals surface area (Å²) in [5.41, 5.74) is -0.481. The van der Waals surface area contributed by atoms with Crippen molar-refractivity contribution in [2.75, 3.05) is 6.54 Å². The van der Waals surface area contributed by atoms with Crippen molar-refractivity contribution in [1.82, 2.24) is 10.2 Å². The molecule has 0 unspecified atom stereocenters. The number of amides is 3. The number of benzene rings is 2. The Kier molecular flexibility index (Phi) is 4.89. The number of nitrogens with zero attached hydrogens (tertiary/aromatic N) is 1. The highest BCUT2D eigenvalue weighted by molar-refractivity contribution is 6.11. The summed E-state index contributed by atoms with van der Waals surface area (Å²) in [5.74, 6) is -1.13. The van der Waals surface area contributed by atoms with Gasteiger partial charge in [0.15, 0.2) is 5.78 Å². The highest BCUT2D eigenvalue weighted by atomic mass is 19.3. The van der Waals surface area contributed by atoms with Crippen molar-refractivity contribution < 1.29 is 27.9 Å². The summed E-state index contributed by atoms with van der Waals surface area (Å²) < 4.78 is 28.6. The minimum atomic E-state index is -2.96. The maximum atomic E-state index is 12.8. The molecular formula is C19H16F2N2O4. The molecule has 3 amide bonds. The first-order valence-corrected chi connectivity index (χ1v) is 8.09. The van der Waals surface area contributed by atoms with Crippen molar-refractivity contribution in [2.45, 2.75) is 19.1 Å². The van der Waals surface area contributed by atoms with Crippen LogP contribution in [0.4, 0.5) is 13.6 Å². The summed E-state index contributed by atoms with van der Waals surface area (Å²) in [5, 5.41) is 2.62. The Labute approximate surface area is 153 Å². The quantitative estimate of drug-likeness (QED) is 0.623. The highest BCUT2D eigenvalue weighted by Gasteiger charge is 2.49. The van der Waals surface area contributed by atoms with Crippen LogP contribution >= 0.6 is 0 Å². The van der Waals surface area contributed by atoms with Gasteiger partial charge in [-0.3, -0.25) is 14.5 Å². The molecule has 0 aliphatic carbocycles. The zero-order chi connectivity index (χ0) is 19.6. The molecule has 0 spiro atoms. The molecule has 1 aliphatic rings. The Balaban J connectivity index is 1.74. The first kappa shape index (κ1) is 18.5. The van der Waals surface area contributed by atoms with E-state index in [9.17, 15) is 23.2 Å². The van der Waals surface area contributed by atoms with Crippen LogP contribution in [0.3, 0.4) is 0 Å². The molecule has 0 bridgehead atoms. The number of Topliss-reactive ketones (excluding diaryl/α,β-unsaturated/α-hetero) is 1. The zero-order valence-electron chi connectivity index (χ0n) is 14.3. The minimum Gasteiger partial charge on any atom is -0.435 e. The van der Waals surface area contributed by atoms with Gasteiger partial charge in [-0.15, -0.1) is 0 Å². The van der Waals surface area contributed by atoms with Gasteiger partial charge in [0.2, 0.25) is 0 Å². The second kappa shape index (κ2) is 7.14.